The van der Waals surface area contributed by atoms with Crippen molar-refractivity contribution in [3.8, 4) is 0 Å². The van der Waals surface area contributed by atoms with Crippen LogP contribution in [0.25, 0.3) is 0 Å². The molecule has 0 aromatic carbocycles. The Bertz CT molecular complexity index is 580. The molecule has 0 heterocycles. The summed E-state index contributed by atoms with van der Waals surface area (Å²) < 4.78 is 9.92. The van der Waals surface area contributed by atoms with Crippen LogP contribution < -0.4 is 0 Å². The lowest BCUT2D eigenvalue weighted by Crippen LogP contribution is -2.22. The highest BCUT2D eigenvalue weighted by molar-refractivity contribution is 5.77. The Labute approximate surface area is 163 Å². The van der Waals surface area contributed by atoms with E-state index in [0.29, 0.717) is 19.4 Å². The smallest absolute Gasteiger partial charge is 0.331 e. The van der Waals surface area contributed by atoms with E-state index in [1.54, 1.807) is 6.92 Å². The summed E-state index contributed by atoms with van der Waals surface area (Å²) in [5, 5.41) is 0. The highest BCUT2D eigenvalue weighted by Gasteiger charge is 2.18. The first-order valence-electron chi connectivity index (χ1n) is 8.83. The molecular formula is C18H26N2O8. The van der Waals surface area contributed by atoms with Crippen molar-refractivity contribution in [3.05, 3.63) is 12.2 Å². The maximum absolute atomic E-state index is 11.9. The van der Waals surface area contributed by atoms with Gasteiger partial charge in [0.05, 0.1) is 13.2 Å². The molecule has 0 amide bonds. The van der Waals surface area contributed by atoms with Crippen LogP contribution in [0, 0.1) is 0 Å². The molecule has 0 N–H and O–H groups in total. The van der Waals surface area contributed by atoms with Gasteiger partial charge in [-0.15, -0.1) is 0 Å². The van der Waals surface area contributed by atoms with Gasteiger partial charge in [0.25, 0.3) is 0 Å². The van der Waals surface area contributed by atoms with Crippen molar-refractivity contribution < 1.29 is 38.4 Å². The lowest BCUT2D eigenvalue weighted by molar-refractivity contribution is -0.291. The van der Waals surface area contributed by atoms with Crippen LogP contribution >= 0.6 is 0 Å². The van der Waals surface area contributed by atoms with Crippen molar-refractivity contribution in [2.75, 3.05) is 33.0 Å². The molecule has 1 unspecified atom stereocenters. The second kappa shape index (κ2) is 17.8. The molecule has 0 bridgehead atoms. The van der Waals surface area contributed by atoms with Crippen molar-refractivity contribution in [3.63, 3.8) is 0 Å². The van der Waals surface area contributed by atoms with Crippen LogP contribution in [0.2, 0.25) is 0 Å². The van der Waals surface area contributed by atoms with Crippen molar-refractivity contribution in [1.29, 1.82) is 0 Å². The van der Waals surface area contributed by atoms with Crippen molar-refractivity contribution >= 4 is 24.1 Å². The molecule has 1 atom stereocenters. The Morgan fingerprint density at radius 2 is 1.79 bits per heavy atom. The molecule has 0 spiro atoms. The van der Waals surface area contributed by atoms with Crippen molar-refractivity contribution in [2.45, 2.75) is 45.1 Å². The summed E-state index contributed by atoms with van der Waals surface area (Å²) in [4.78, 5) is 60.1. The minimum Gasteiger partial charge on any atom is -0.464 e. The van der Waals surface area contributed by atoms with E-state index in [2.05, 4.69) is 16.6 Å². The SMILES string of the molecule is C=C(C)COOCCOC(=O)CCCOC(=O)C(CCCCN=C=O)N=C=O. The Balaban J connectivity index is 3.85. The number of rotatable bonds is 17. The van der Waals surface area contributed by atoms with E-state index in [-0.39, 0.29) is 45.7 Å². The summed E-state index contributed by atoms with van der Waals surface area (Å²) in [6.45, 7) is 6.11. The number of nitrogens with zero attached hydrogens (tertiary/aromatic N) is 2. The number of hydrogen-bond donors (Lipinski definition) is 0. The molecule has 28 heavy (non-hydrogen) atoms. The molecule has 0 rings (SSSR count). The second-order valence-corrected chi connectivity index (χ2v) is 5.74. The molecule has 156 valence electrons. The molecule has 0 aliphatic heterocycles. The predicted molar refractivity (Wildman–Crippen MR) is 96.6 cm³/mol. The van der Waals surface area contributed by atoms with Crippen LogP contribution in [0.3, 0.4) is 0 Å². The first-order chi connectivity index (χ1) is 13.5. The summed E-state index contributed by atoms with van der Waals surface area (Å²) in [6, 6.07) is -0.957. The normalized spacial score (nSPS) is 10.9. The van der Waals surface area contributed by atoms with Gasteiger partial charge in [0.1, 0.15) is 19.8 Å². The average molecular weight is 398 g/mol. The van der Waals surface area contributed by atoms with Crippen LogP contribution in [-0.4, -0.2) is 63.1 Å². The zero-order valence-electron chi connectivity index (χ0n) is 16.0. The van der Waals surface area contributed by atoms with Crippen molar-refractivity contribution in [2.24, 2.45) is 9.98 Å². The Morgan fingerprint density at radius 3 is 2.46 bits per heavy atom. The van der Waals surface area contributed by atoms with Gasteiger partial charge in [0.15, 0.2) is 6.04 Å². The van der Waals surface area contributed by atoms with Gasteiger partial charge >= 0.3 is 11.9 Å². The van der Waals surface area contributed by atoms with E-state index in [1.165, 1.54) is 12.2 Å². The fraction of sp³-hybridized carbons (Fsp3) is 0.667. The van der Waals surface area contributed by atoms with Gasteiger partial charge in [-0.2, -0.15) is 4.99 Å². The van der Waals surface area contributed by atoms with Crippen LogP contribution in [0.5, 0.6) is 0 Å². The monoisotopic (exact) mass is 398 g/mol. The molecule has 0 saturated heterocycles. The summed E-state index contributed by atoms with van der Waals surface area (Å²) >= 11 is 0. The van der Waals surface area contributed by atoms with E-state index < -0.39 is 18.0 Å². The lowest BCUT2D eigenvalue weighted by atomic mass is 10.1. The van der Waals surface area contributed by atoms with Crippen LogP contribution in [0.4, 0.5) is 0 Å². The number of aliphatic imine (C=N–C) groups is 2. The lowest BCUT2D eigenvalue weighted by Gasteiger charge is -2.10. The molecule has 0 aliphatic carbocycles. The molecule has 0 radical (unpaired) electrons. The minimum atomic E-state index is -0.957. The fourth-order valence-electron chi connectivity index (χ4n) is 1.82. The second-order valence-electron chi connectivity index (χ2n) is 5.74. The Hall–Kier alpha value is -2.64. The minimum absolute atomic E-state index is 0.00747. The van der Waals surface area contributed by atoms with E-state index >= 15 is 0 Å². The molecular weight excluding hydrogens is 372 g/mol. The first kappa shape index (κ1) is 25.4. The van der Waals surface area contributed by atoms with Crippen LogP contribution in [-0.2, 0) is 38.4 Å². The number of unbranched alkanes of at least 4 members (excludes halogenated alkanes) is 1. The quantitative estimate of drug-likeness (QED) is 0.0687. The molecule has 0 fully saturated rings. The average Bonchev–Trinajstić information content (AvgIpc) is 2.66. The number of isocyanates is 2. The largest absolute Gasteiger partial charge is 0.464 e. The van der Waals surface area contributed by atoms with Crippen molar-refractivity contribution in [1.82, 2.24) is 0 Å². The maximum Gasteiger partial charge on any atom is 0.331 e. The molecule has 10 heteroatoms. The molecule has 0 aliphatic rings. The zero-order valence-corrected chi connectivity index (χ0v) is 16.0. The predicted octanol–water partition coefficient (Wildman–Crippen LogP) is 1.59. The fourth-order valence-corrected chi connectivity index (χ4v) is 1.82. The van der Waals surface area contributed by atoms with Gasteiger partial charge in [-0.25, -0.2) is 29.2 Å². The van der Waals surface area contributed by atoms with E-state index in [4.69, 9.17) is 19.2 Å². The third kappa shape index (κ3) is 15.6. The standard InChI is InChI=1S/C18H26N2O8/c1-15(2)12-28-27-11-10-25-17(23)7-5-9-26-18(24)16(20-14-22)6-3-4-8-19-13-21/h16H,1,3-12H2,2H3. The van der Waals surface area contributed by atoms with Gasteiger partial charge in [-0.3, -0.25) is 4.79 Å². The number of hydrogen-bond acceptors (Lipinski definition) is 10. The first-order valence-corrected chi connectivity index (χ1v) is 8.83. The summed E-state index contributed by atoms with van der Waals surface area (Å²) in [7, 11) is 0. The number of ether oxygens (including phenoxy) is 2. The third-order valence-electron chi connectivity index (χ3n) is 3.13. The zero-order chi connectivity index (χ0) is 21.0. The van der Waals surface area contributed by atoms with E-state index in [0.717, 1.165) is 5.57 Å². The van der Waals surface area contributed by atoms with Gasteiger partial charge in [0, 0.05) is 6.42 Å². The third-order valence-corrected chi connectivity index (χ3v) is 3.13. The van der Waals surface area contributed by atoms with Crippen LogP contribution in [0.1, 0.15) is 39.0 Å². The Kier molecular flexibility index (Phi) is 16.1. The number of carbonyl (C=O) groups excluding carboxylic acids is 4. The summed E-state index contributed by atoms with van der Waals surface area (Å²) in [5.74, 6) is -1.13. The molecule has 0 aromatic heterocycles. The topological polar surface area (TPSA) is 130 Å². The molecule has 10 nitrogen and oxygen atoms in total. The van der Waals surface area contributed by atoms with Gasteiger partial charge in [0.2, 0.25) is 12.2 Å². The van der Waals surface area contributed by atoms with Gasteiger partial charge in [-0.1, -0.05) is 12.2 Å². The molecule has 0 aromatic rings. The molecule has 0 saturated carbocycles. The maximum atomic E-state index is 11.9. The highest BCUT2D eigenvalue weighted by atomic mass is 17.2. The Morgan fingerprint density at radius 1 is 1.00 bits per heavy atom. The van der Waals surface area contributed by atoms with Gasteiger partial charge < -0.3 is 9.47 Å². The van der Waals surface area contributed by atoms with E-state index in [1.807, 2.05) is 0 Å². The van der Waals surface area contributed by atoms with E-state index in [9.17, 15) is 19.2 Å². The number of carbonyl (C=O) groups is 2. The van der Waals surface area contributed by atoms with Crippen LogP contribution in [0.15, 0.2) is 22.1 Å². The summed E-state index contributed by atoms with van der Waals surface area (Å²) in [5.41, 5.74) is 0.805. The number of esters is 2. The highest BCUT2D eigenvalue weighted by Crippen LogP contribution is 2.07. The summed E-state index contributed by atoms with van der Waals surface area (Å²) in [6.07, 6.45) is 4.45. The van der Waals surface area contributed by atoms with Gasteiger partial charge in [-0.05, 0) is 32.6 Å².